The van der Waals surface area contributed by atoms with E-state index in [1.165, 1.54) is 23.1 Å². The van der Waals surface area contributed by atoms with Crippen LogP contribution in [0.4, 0.5) is 11.4 Å². The summed E-state index contributed by atoms with van der Waals surface area (Å²) in [5, 5.41) is 0. The molecule has 1 aliphatic heterocycles. The smallest absolute Gasteiger partial charge is 0.338 e. The maximum atomic E-state index is 12.0. The molecule has 1 aliphatic rings. The lowest BCUT2D eigenvalue weighted by Crippen LogP contribution is -2.29. The Morgan fingerprint density at radius 3 is 2.71 bits per heavy atom. The lowest BCUT2D eigenvalue weighted by Gasteiger charge is -2.19. The zero-order valence-corrected chi connectivity index (χ0v) is 11.7. The second-order valence-electron chi connectivity index (χ2n) is 4.80. The minimum Gasteiger partial charge on any atom is -0.462 e. The van der Waals surface area contributed by atoms with Gasteiger partial charge in [0.1, 0.15) is 0 Å². The summed E-state index contributed by atoms with van der Waals surface area (Å²) in [6.45, 7) is 2.13. The van der Waals surface area contributed by atoms with Crippen molar-refractivity contribution >= 4 is 29.2 Å². The lowest BCUT2D eigenvalue weighted by molar-refractivity contribution is -0.123. The number of rotatable bonds is 4. The monoisotopic (exact) mass is 291 g/mol. The van der Waals surface area contributed by atoms with Crippen molar-refractivity contribution in [3.8, 4) is 0 Å². The third kappa shape index (κ3) is 2.96. The van der Waals surface area contributed by atoms with Crippen molar-refractivity contribution in [3.63, 3.8) is 0 Å². The van der Waals surface area contributed by atoms with Gasteiger partial charge in [-0.15, -0.1) is 0 Å². The molecule has 0 radical (unpaired) electrons. The zero-order chi connectivity index (χ0) is 15.6. The van der Waals surface area contributed by atoms with Crippen LogP contribution in [0.1, 0.15) is 23.7 Å². The fraction of sp³-hybridized carbons (Fsp3) is 0.357. The van der Waals surface area contributed by atoms with Crippen LogP contribution in [0.3, 0.4) is 0 Å². The van der Waals surface area contributed by atoms with Crippen LogP contribution in [0.5, 0.6) is 0 Å². The van der Waals surface area contributed by atoms with Crippen molar-refractivity contribution in [1.29, 1.82) is 0 Å². The van der Waals surface area contributed by atoms with Crippen LogP contribution in [0, 0.1) is 5.92 Å². The summed E-state index contributed by atoms with van der Waals surface area (Å²) in [5.41, 5.74) is 12.1. The Hall–Kier alpha value is -2.57. The van der Waals surface area contributed by atoms with Crippen molar-refractivity contribution in [3.05, 3.63) is 23.8 Å². The molecule has 1 heterocycles. The van der Waals surface area contributed by atoms with Crippen molar-refractivity contribution in [2.24, 2.45) is 11.7 Å². The largest absolute Gasteiger partial charge is 0.462 e. The summed E-state index contributed by atoms with van der Waals surface area (Å²) in [6.07, 6.45) is 0.0540. The van der Waals surface area contributed by atoms with Crippen LogP contribution >= 0.6 is 0 Å². The molecule has 0 aromatic heterocycles. The number of nitrogen functional groups attached to an aromatic ring is 1. The van der Waals surface area contributed by atoms with E-state index in [0.717, 1.165) is 0 Å². The molecule has 1 aromatic carbocycles. The summed E-state index contributed by atoms with van der Waals surface area (Å²) in [4.78, 5) is 36.3. The van der Waals surface area contributed by atoms with Gasteiger partial charge in [0.2, 0.25) is 11.8 Å². The molecule has 0 bridgehead atoms. The third-order valence-corrected chi connectivity index (χ3v) is 3.36. The Kier molecular flexibility index (Phi) is 4.11. The fourth-order valence-corrected chi connectivity index (χ4v) is 2.25. The first kappa shape index (κ1) is 14.8. The van der Waals surface area contributed by atoms with E-state index in [2.05, 4.69) is 0 Å². The van der Waals surface area contributed by atoms with Crippen LogP contribution in [-0.4, -0.2) is 30.9 Å². The van der Waals surface area contributed by atoms with Gasteiger partial charge < -0.3 is 21.1 Å². The van der Waals surface area contributed by atoms with Gasteiger partial charge in [0.15, 0.2) is 0 Å². The minimum atomic E-state index is -0.539. The first-order chi connectivity index (χ1) is 9.93. The van der Waals surface area contributed by atoms with Gasteiger partial charge in [-0.25, -0.2) is 4.79 Å². The average molecular weight is 291 g/mol. The summed E-state index contributed by atoms with van der Waals surface area (Å²) in [7, 11) is 0. The summed E-state index contributed by atoms with van der Waals surface area (Å²) in [6, 6.07) is 4.56. The van der Waals surface area contributed by atoms with Crippen LogP contribution in [0.25, 0.3) is 0 Å². The molecule has 7 heteroatoms. The van der Waals surface area contributed by atoms with Crippen molar-refractivity contribution in [2.75, 3.05) is 23.8 Å². The van der Waals surface area contributed by atoms with E-state index in [0.29, 0.717) is 16.9 Å². The number of nitrogens with zero attached hydrogens (tertiary/aromatic N) is 1. The van der Waals surface area contributed by atoms with E-state index in [1.54, 1.807) is 6.92 Å². The van der Waals surface area contributed by atoms with E-state index in [9.17, 15) is 14.4 Å². The standard InChI is InChI=1S/C14H17N3O4/c1-2-21-14(20)8-3-4-10(15)11(5-8)17-7-9(13(16)19)6-12(17)18/h3-5,9H,2,6-7,15H2,1H3,(H2,16,19). The van der Waals surface area contributed by atoms with Gasteiger partial charge in [-0.3, -0.25) is 9.59 Å². The Bertz CT molecular complexity index is 600. The average Bonchev–Trinajstić information content (AvgIpc) is 2.82. The molecule has 1 unspecified atom stereocenters. The van der Waals surface area contributed by atoms with Crippen molar-refractivity contribution in [1.82, 2.24) is 0 Å². The highest BCUT2D eigenvalue weighted by atomic mass is 16.5. The van der Waals surface area contributed by atoms with E-state index in [-0.39, 0.29) is 25.5 Å². The topological polar surface area (TPSA) is 116 Å². The van der Waals surface area contributed by atoms with Gasteiger partial charge in [0, 0.05) is 13.0 Å². The van der Waals surface area contributed by atoms with Crippen LogP contribution in [-0.2, 0) is 14.3 Å². The zero-order valence-electron chi connectivity index (χ0n) is 11.7. The highest BCUT2D eigenvalue weighted by Crippen LogP contribution is 2.30. The second-order valence-corrected chi connectivity index (χ2v) is 4.80. The number of esters is 1. The molecule has 21 heavy (non-hydrogen) atoms. The lowest BCUT2D eigenvalue weighted by atomic mass is 10.1. The molecule has 112 valence electrons. The van der Waals surface area contributed by atoms with Crippen LogP contribution in [0.15, 0.2) is 18.2 Å². The molecule has 7 nitrogen and oxygen atoms in total. The number of benzene rings is 1. The molecule has 2 rings (SSSR count). The fourth-order valence-electron chi connectivity index (χ4n) is 2.25. The first-order valence-corrected chi connectivity index (χ1v) is 6.60. The second kappa shape index (κ2) is 5.82. The number of nitrogens with two attached hydrogens (primary N) is 2. The summed E-state index contributed by atoms with van der Waals surface area (Å²) < 4.78 is 4.91. The molecule has 1 aromatic rings. The highest BCUT2D eigenvalue weighted by Gasteiger charge is 2.35. The van der Waals surface area contributed by atoms with E-state index < -0.39 is 17.8 Å². The Morgan fingerprint density at radius 2 is 2.14 bits per heavy atom. The van der Waals surface area contributed by atoms with Gasteiger partial charge in [0.05, 0.1) is 29.5 Å². The molecule has 0 saturated carbocycles. The molecule has 0 spiro atoms. The Morgan fingerprint density at radius 1 is 1.43 bits per heavy atom. The molecular weight excluding hydrogens is 274 g/mol. The number of hydrogen-bond acceptors (Lipinski definition) is 5. The minimum absolute atomic E-state index is 0.0540. The predicted octanol–water partition coefficient (Wildman–Crippen LogP) is 0.284. The number of carbonyl (C=O) groups is 3. The maximum Gasteiger partial charge on any atom is 0.338 e. The number of amides is 2. The van der Waals surface area contributed by atoms with E-state index in [4.69, 9.17) is 16.2 Å². The predicted molar refractivity (Wildman–Crippen MR) is 76.5 cm³/mol. The number of ether oxygens (including phenoxy) is 1. The number of anilines is 2. The third-order valence-electron chi connectivity index (χ3n) is 3.36. The maximum absolute atomic E-state index is 12.0. The highest BCUT2D eigenvalue weighted by molar-refractivity contribution is 6.03. The van der Waals surface area contributed by atoms with Gasteiger partial charge >= 0.3 is 5.97 Å². The normalized spacial score (nSPS) is 17.9. The van der Waals surface area contributed by atoms with Crippen LogP contribution in [0.2, 0.25) is 0 Å². The molecule has 2 amide bonds. The molecule has 4 N–H and O–H groups in total. The summed E-state index contributed by atoms with van der Waals surface area (Å²) in [5.74, 6) is -1.79. The molecule has 0 aliphatic carbocycles. The van der Waals surface area contributed by atoms with Gasteiger partial charge in [-0.1, -0.05) is 0 Å². The molecular formula is C14H17N3O4. The quantitative estimate of drug-likeness (QED) is 0.610. The van der Waals surface area contributed by atoms with Crippen LogP contribution < -0.4 is 16.4 Å². The number of hydrogen-bond donors (Lipinski definition) is 2. The SMILES string of the molecule is CCOC(=O)c1ccc(N)c(N2CC(C(N)=O)CC2=O)c1. The Balaban J connectivity index is 2.31. The van der Waals surface area contributed by atoms with Crippen molar-refractivity contribution < 1.29 is 19.1 Å². The van der Waals surface area contributed by atoms with Gasteiger partial charge in [0.25, 0.3) is 0 Å². The number of primary amides is 1. The molecule has 1 saturated heterocycles. The first-order valence-electron chi connectivity index (χ1n) is 6.60. The molecule has 1 fully saturated rings. The number of carbonyl (C=O) groups excluding carboxylic acids is 3. The van der Waals surface area contributed by atoms with Crippen molar-refractivity contribution in [2.45, 2.75) is 13.3 Å². The summed E-state index contributed by atoms with van der Waals surface area (Å²) >= 11 is 0. The Labute approximate surface area is 121 Å². The molecule has 1 atom stereocenters. The van der Waals surface area contributed by atoms with Gasteiger partial charge in [-0.2, -0.15) is 0 Å². The van der Waals surface area contributed by atoms with Gasteiger partial charge in [-0.05, 0) is 25.1 Å². The van der Waals surface area contributed by atoms with E-state index >= 15 is 0 Å². The van der Waals surface area contributed by atoms with E-state index in [1.807, 2.05) is 0 Å².